The summed E-state index contributed by atoms with van der Waals surface area (Å²) in [6.45, 7) is 4.28. The van der Waals surface area contributed by atoms with Gasteiger partial charge in [0.25, 0.3) is 0 Å². The van der Waals surface area contributed by atoms with Gasteiger partial charge < -0.3 is 28.4 Å². The van der Waals surface area contributed by atoms with Crippen LogP contribution >= 0.6 is 0 Å². The molecule has 5 aliphatic rings. The molecule has 2 saturated carbocycles. The van der Waals surface area contributed by atoms with Gasteiger partial charge >= 0.3 is 0 Å². The van der Waals surface area contributed by atoms with Crippen molar-refractivity contribution in [1.29, 1.82) is 0 Å². The van der Waals surface area contributed by atoms with E-state index in [1.54, 1.807) is 0 Å². The van der Waals surface area contributed by atoms with Crippen LogP contribution in [0.25, 0.3) is 0 Å². The summed E-state index contributed by atoms with van der Waals surface area (Å²) >= 11 is 0. The van der Waals surface area contributed by atoms with Crippen molar-refractivity contribution in [3.05, 3.63) is 0 Å². The van der Waals surface area contributed by atoms with Crippen molar-refractivity contribution in [1.82, 2.24) is 0 Å². The highest BCUT2D eigenvalue weighted by atomic mass is 16.7. The van der Waals surface area contributed by atoms with E-state index in [1.165, 1.54) is 6.42 Å². The molecule has 5 rings (SSSR count). The number of fused-ring (bicyclic) bond motifs is 2. The van der Waals surface area contributed by atoms with E-state index in [0.29, 0.717) is 25.7 Å². The smallest absolute Gasteiger partial charge is 0.198 e. The first-order valence-electron chi connectivity index (χ1n) is 8.54. The fraction of sp³-hybridized carbons (Fsp3) is 1.00. The Morgan fingerprint density at radius 2 is 1.32 bits per heavy atom. The van der Waals surface area contributed by atoms with Crippen molar-refractivity contribution in [2.45, 2.75) is 55.4 Å². The Bertz CT molecular complexity index is 414. The first-order chi connectivity index (χ1) is 10.8. The first kappa shape index (κ1) is 14.1. The third-order valence-electron chi connectivity index (χ3n) is 5.58. The summed E-state index contributed by atoms with van der Waals surface area (Å²) < 4.78 is 34.9. The molecule has 3 heterocycles. The molecule has 0 radical (unpaired) electrons. The molecular weight excluding hydrogens is 288 g/mol. The second-order valence-corrected chi connectivity index (χ2v) is 7.36. The van der Waals surface area contributed by atoms with Gasteiger partial charge in [-0.3, -0.25) is 0 Å². The summed E-state index contributed by atoms with van der Waals surface area (Å²) in [5, 5.41) is 0. The van der Waals surface area contributed by atoms with Gasteiger partial charge in [0.05, 0.1) is 39.6 Å². The molecule has 0 N–H and O–H groups in total. The van der Waals surface area contributed by atoms with Gasteiger partial charge in [0.2, 0.25) is 0 Å². The molecule has 5 unspecified atom stereocenters. The molecular formula is C16H24O6. The molecule has 0 spiro atoms. The van der Waals surface area contributed by atoms with Gasteiger partial charge in [-0.2, -0.15) is 0 Å². The third kappa shape index (κ3) is 2.60. The summed E-state index contributed by atoms with van der Waals surface area (Å²) in [5.41, 5.74) is -0.312. The lowest BCUT2D eigenvalue weighted by atomic mass is 9.89. The van der Waals surface area contributed by atoms with E-state index in [-0.39, 0.29) is 23.9 Å². The summed E-state index contributed by atoms with van der Waals surface area (Å²) in [6.07, 6.45) is 4.93. The van der Waals surface area contributed by atoms with Crippen LogP contribution in [-0.4, -0.2) is 69.3 Å². The van der Waals surface area contributed by atoms with Crippen molar-refractivity contribution in [2.75, 3.05) is 39.6 Å². The van der Waals surface area contributed by atoms with Crippen LogP contribution in [0.5, 0.6) is 0 Å². The van der Waals surface area contributed by atoms with Gasteiger partial charge in [-0.1, -0.05) is 0 Å². The highest BCUT2D eigenvalue weighted by molar-refractivity contribution is 5.11. The van der Waals surface area contributed by atoms with Gasteiger partial charge in [0.1, 0.15) is 23.9 Å². The SMILES string of the molecule is C1CC2(OCC3CO3)CC1CC2(OCC1CO1)OCC1CO1. The van der Waals surface area contributed by atoms with Crippen molar-refractivity contribution in [3.8, 4) is 0 Å². The fourth-order valence-electron chi connectivity index (χ4n) is 4.06. The molecule has 2 bridgehead atoms. The molecule has 0 aromatic rings. The Morgan fingerprint density at radius 1 is 0.773 bits per heavy atom. The molecule has 5 atom stereocenters. The average molecular weight is 312 g/mol. The topological polar surface area (TPSA) is 65.3 Å². The van der Waals surface area contributed by atoms with E-state index in [0.717, 1.165) is 39.1 Å². The highest BCUT2D eigenvalue weighted by Gasteiger charge is 2.66. The maximum absolute atomic E-state index is 6.37. The minimum Gasteiger partial charge on any atom is -0.371 e. The molecule has 5 fully saturated rings. The van der Waals surface area contributed by atoms with Crippen LogP contribution in [0.1, 0.15) is 25.7 Å². The summed E-state index contributed by atoms with van der Waals surface area (Å²) in [4.78, 5) is 0. The molecule has 6 heteroatoms. The molecule has 3 saturated heterocycles. The molecule has 3 aliphatic heterocycles. The zero-order valence-electron chi connectivity index (χ0n) is 12.8. The summed E-state index contributed by atoms with van der Waals surface area (Å²) in [6, 6.07) is 0. The lowest BCUT2D eigenvalue weighted by Gasteiger charge is -2.45. The predicted molar refractivity (Wildman–Crippen MR) is 74.5 cm³/mol. The van der Waals surface area contributed by atoms with Crippen molar-refractivity contribution >= 4 is 0 Å². The van der Waals surface area contributed by atoms with Crippen molar-refractivity contribution in [3.63, 3.8) is 0 Å². The lowest BCUT2D eigenvalue weighted by molar-refractivity contribution is -0.326. The Balaban J connectivity index is 1.33. The predicted octanol–water partition coefficient (Wildman–Crippen LogP) is 0.871. The van der Waals surface area contributed by atoms with Crippen LogP contribution in [0.15, 0.2) is 0 Å². The van der Waals surface area contributed by atoms with Crippen LogP contribution < -0.4 is 0 Å². The molecule has 22 heavy (non-hydrogen) atoms. The minimum absolute atomic E-state index is 0.237. The zero-order valence-corrected chi connectivity index (χ0v) is 12.8. The van der Waals surface area contributed by atoms with Crippen LogP contribution in [0.3, 0.4) is 0 Å². The van der Waals surface area contributed by atoms with E-state index >= 15 is 0 Å². The highest BCUT2D eigenvalue weighted by Crippen LogP contribution is 2.58. The van der Waals surface area contributed by atoms with Gasteiger partial charge in [-0.15, -0.1) is 0 Å². The zero-order chi connectivity index (χ0) is 14.6. The lowest BCUT2D eigenvalue weighted by Crippen LogP contribution is -2.57. The normalized spacial score (nSPS) is 51.3. The van der Waals surface area contributed by atoms with E-state index in [2.05, 4.69) is 0 Å². The van der Waals surface area contributed by atoms with Crippen LogP contribution in [0.4, 0.5) is 0 Å². The van der Waals surface area contributed by atoms with E-state index < -0.39 is 5.79 Å². The van der Waals surface area contributed by atoms with E-state index in [9.17, 15) is 0 Å². The van der Waals surface area contributed by atoms with Gasteiger partial charge in [-0.25, -0.2) is 0 Å². The summed E-state index contributed by atoms with van der Waals surface area (Å²) in [5.74, 6) is 0.0169. The monoisotopic (exact) mass is 312 g/mol. The number of ether oxygens (including phenoxy) is 6. The largest absolute Gasteiger partial charge is 0.371 e. The average Bonchev–Trinajstić information content (AvgIpc) is 3.40. The Labute approximate surface area is 130 Å². The number of hydrogen-bond acceptors (Lipinski definition) is 6. The van der Waals surface area contributed by atoms with Gasteiger partial charge in [0.15, 0.2) is 5.79 Å². The maximum Gasteiger partial charge on any atom is 0.198 e. The Morgan fingerprint density at radius 3 is 1.82 bits per heavy atom. The van der Waals surface area contributed by atoms with E-state index in [1.807, 2.05) is 0 Å². The molecule has 2 aliphatic carbocycles. The fourth-order valence-corrected chi connectivity index (χ4v) is 4.06. The van der Waals surface area contributed by atoms with Crippen molar-refractivity contribution < 1.29 is 28.4 Å². The quantitative estimate of drug-likeness (QED) is 0.465. The standard InChI is InChI=1S/C16H24O6/c1-2-15(20-8-12-5-17-12)3-11(1)4-16(15,21-9-13-6-18-13)22-10-14-7-19-14/h11-14H,1-10H2. The minimum atomic E-state index is -0.622. The molecule has 0 aromatic heterocycles. The van der Waals surface area contributed by atoms with Crippen LogP contribution in [0.2, 0.25) is 0 Å². The molecule has 0 aromatic carbocycles. The van der Waals surface area contributed by atoms with Crippen LogP contribution in [-0.2, 0) is 28.4 Å². The van der Waals surface area contributed by atoms with Gasteiger partial charge in [0, 0.05) is 6.42 Å². The number of rotatable bonds is 9. The van der Waals surface area contributed by atoms with E-state index in [4.69, 9.17) is 28.4 Å². The number of epoxide rings is 3. The third-order valence-corrected chi connectivity index (χ3v) is 5.58. The Hall–Kier alpha value is -0.240. The molecule has 124 valence electrons. The van der Waals surface area contributed by atoms with Crippen LogP contribution in [0, 0.1) is 5.92 Å². The molecule has 0 amide bonds. The Kier molecular flexibility index (Phi) is 3.29. The second kappa shape index (κ2) is 5.13. The van der Waals surface area contributed by atoms with Crippen molar-refractivity contribution in [2.24, 2.45) is 5.92 Å². The summed E-state index contributed by atoms with van der Waals surface area (Å²) in [7, 11) is 0. The first-order valence-corrected chi connectivity index (χ1v) is 8.54. The number of hydrogen-bond donors (Lipinski definition) is 0. The molecule has 6 nitrogen and oxygen atoms in total. The maximum atomic E-state index is 6.37. The second-order valence-electron chi connectivity index (χ2n) is 7.36. The van der Waals surface area contributed by atoms with Gasteiger partial charge in [-0.05, 0) is 25.2 Å².